The zero-order chi connectivity index (χ0) is 10.1. The molecule has 1 N–H and O–H groups in total. The molecule has 2 rings (SSSR count). The van der Waals surface area contributed by atoms with Gasteiger partial charge in [0.1, 0.15) is 0 Å². The molecular weight excluding hydrogens is 214 g/mol. The zero-order valence-electron chi connectivity index (χ0n) is 8.64. The van der Waals surface area contributed by atoms with Crippen LogP contribution in [0.4, 0.5) is 0 Å². The minimum absolute atomic E-state index is 0.481. The predicted octanol–water partition coefficient (Wildman–Crippen LogP) is 3.77. The Morgan fingerprint density at radius 1 is 1.57 bits per heavy atom. The molecule has 0 aliphatic heterocycles. The Labute approximate surface area is 94.5 Å². The summed E-state index contributed by atoms with van der Waals surface area (Å²) in [7, 11) is 2.04. The fourth-order valence-corrected chi connectivity index (χ4v) is 3.53. The maximum absolute atomic E-state index is 6.28. The van der Waals surface area contributed by atoms with Gasteiger partial charge in [0, 0.05) is 10.9 Å². The molecule has 0 bridgehead atoms. The number of thiophene rings is 1. The molecule has 0 spiro atoms. The molecule has 1 heterocycles. The first-order valence-electron chi connectivity index (χ1n) is 5.14. The van der Waals surface area contributed by atoms with E-state index in [1.165, 1.54) is 29.7 Å². The number of aryl methyl sites for hydroxylation is 1. The van der Waals surface area contributed by atoms with Crippen LogP contribution in [0.25, 0.3) is 0 Å². The molecule has 14 heavy (non-hydrogen) atoms. The molecule has 1 aromatic heterocycles. The molecule has 1 nitrogen and oxygen atoms in total. The highest BCUT2D eigenvalue weighted by Gasteiger charge is 2.29. The molecule has 3 heteroatoms. The normalized spacial score (nSPS) is 19.4. The van der Waals surface area contributed by atoms with Crippen molar-refractivity contribution in [1.29, 1.82) is 0 Å². The Hall–Kier alpha value is -0.0500. The van der Waals surface area contributed by atoms with E-state index in [0.717, 1.165) is 10.9 Å². The van der Waals surface area contributed by atoms with Crippen LogP contribution in [0.2, 0.25) is 5.02 Å². The molecule has 0 aromatic carbocycles. The molecule has 0 radical (unpaired) electrons. The molecule has 1 fully saturated rings. The quantitative estimate of drug-likeness (QED) is 0.832. The molecule has 1 saturated carbocycles. The molecule has 1 aliphatic rings. The highest BCUT2D eigenvalue weighted by Crippen LogP contribution is 2.42. The van der Waals surface area contributed by atoms with E-state index in [0.29, 0.717) is 6.04 Å². The van der Waals surface area contributed by atoms with Gasteiger partial charge >= 0.3 is 0 Å². The Balaban J connectivity index is 2.22. The average molecular weight is 230 g/mol. The van der Waals surface area contributed by atoms with Gasteiger partial charge in [-0.15, -0.1) is 11.3 Å². The number of halogens is 1. The van der Waals surface area contributed by atoms with Crippen molar-refractivity contribution in [2.24, 2.45) is 5.92 Å². The van der Waals surface area contributed by atoms with Crippen molar-refractivity contribution in [1.82, 2.24) is 5.32 Å². The van der Waals surface area contributed by atoms with E-state index < -0.39 is 0 Å². The molecule has 1 unspecified atom stereocenters. The van der Waals surface area contributed by atoms with E-state index in [1.807, 2.05) is 7.05 Å². The van der Waals surface area contributed by atoms with Crippen molar-refractivity contribution in [3.8, 4) is 0 Å². The molecule has 0 amide bonds. The van der Waals surface area contributed by atoms with Crippen LogP contribution < -0.4 is 5.32 Å². The molecule has 0 saturated heterocycles. The molecule has 1 aromatic rings. The average Bonchev–Trinajstić information content (AvgIpc) is 2.41. The molecule has 1 aliphatic carbocycles. The van der Waals surface area contributed by atoms with E-state index in [-0.39, 0.29) is 0 Å². The van der Waals surface area contributed by atoms with E-state index in [2.05, 4.69) is 17.6 Å². The number of rotatable bonds is 3. The van der Waals surface area contributed by atoms with Gasteiger partial charge in [-0.3, -0.25) is 0 Å². The van der Waals surface area contributed by atoms with Gasteiger partial charge in [-0.2, -0.15) is 0 Å². The van der Waals surface area contributed by atoms with E-state index in [4.69, 9.17) is 11.6 Å². The fourth-order valence-electron chi connectivity index (χ4n) is 2.01. The highest BCUT2D eigenvalue weighted by atomic mass is 35.5. The third-order valence-corrected chi connectivity index (χ3v) is 4.94. The largest absolute Gasteiger partial charge is 0.312 e. The van der Waals surface area contributed by atoms with Gasteiger partial charge in [-0.25, -0.2) is 0 Å². The first-order chi connectivity index (χ1) is 6.74. The summed E-state index contributed by atoms with van der Waals surface area (Å²) in [5, 5.41) is 6.53. The highest BCUT2D eigenvalue weighted by molar-refractivity contribution is 7.10. The second-order valence-corrected chi connectivity index (χ2v) is 5.34. The third-order valence-electron chi connectivity index (χ3n) is 3.14. The summed E-state index contributed by atoms with van der Waals surface area (Å²) < 4.78 is 0. The van der Waals surface area contributed by atoms with Crippen LogP contribution in [-0.2, 0) is 0 Å². The standard InChI is InChI=1S/C11H16ClNS/c1-7-6-14-11(9(7)12)10(13-2)8-4-3-5-8/h6,8,10,13H,3-5H2,1-2H3. The summed E-state index contributed by atoms with van der Waals surface area (Å²) in [6.45, 7) is 2.08. The number of hydrogen-bond donors (Lipinski definition) is 1. The predicted molar refractivity (Wildman–Crippen MR) is 63.2 cm³/mol. The van der Waals surface area contributed by atoms with Crippen LogP contribution in [0.1, 0.15) is 35.7 Å². The maximum atomic E-state index is 6.28. The van der Waals surface area contributed by atoms with Crippen LogP contribution >= 0.6 is 22.9 Å². The van der Waals surface area contributed by atoms with Gasteiger partial charge in [0.2, 0.25) is 0 Å². The van der Waals surface area contributed by atoms with Gasteiger partial charge in [0.25, 0.3) is 0 Å². The Morgan fingerprint density at radius 2 is 2.29 bits per heavy atom. The maximum Gasteiger partial charge on any atom is 0.0590 e. The first-order valence-corrected chi connectivity index (χ1v) is 6.40. The van der Waals surface area contributed by atoms with Crippen LogP contribution in [0.5, 0.6) is 0 Å². The lowest BCUT2D eigenvalue weighted by atomic mass is 9.79. The van der Waals surface area contributed by atoms with Gasteiger partial charge < -0.3 is 5.32 Å². The van der Waals surface area contributed by atoms with Crippen molar-refractivity contribution < 1.29 is 0 Å². The second-order valence-electron chi connectivity index (χ2n) is 4.05. The lowest BCUT2D eigenvalue weighted by Gasteiger charge is -2.33. The van der Waals surface area contributed by atoms with Gasteiger partial charge in [0.05, 0.1) is 5.02 Å². The lowest BCUT2D eigenvalue weighted by molar-refractivity contribution is 0.242. The van der Waals surface area contributed by atoms with Gasteiger partial charge in [0.15, 0.2) is 0 Å². The fraction of sp³-hybridized carbons (Fsp3) is 0.636. The van der Waals surface area contributed by atoms with E-state index in [1.54, 1.807) is 11.3 Å². The van der Waals surface area contributed by atoms with Gasteiger partial charge in [-0.05, 0) is 43.7 Å². The first kappa shape index (κ1) is 10.5. The molecule has 1 atom stereocenters. The van der Waals surface area contributed by atoms with Gasteiger partial charge in [-0.1, -0.05) is 18.0 Å². The Kier molecular flexibility index (Phi) is 3.15. The Bertz CT molecular complexity index is 317. The summed E-state index contributed by atoms with van der Waals surface area (Å²) in [4.78, 5) is 1.33. The van der Waals surface area contributed by atoms with Crippen molar-refractivity contribution >= 4 is 22.9 Å². The number of nitrogens with one attached hydrogen (secondary N) is 1. The molecule has 78 valence electrons. The third kappa shape index (κ3) is 1.71. The minimum Gasteiger partial charge on any atom is -0.312 e. The smallest absolute Gasteiger partial charge is 0.0590 e. The van der Waals surface area contributed by atoms with Crippen LogP contribution in [0, 0.1) is 12.8 Å². The van der Waals surface area contributed by atoms with E-state index in [9.17, 15) is 0 Å². The number of hydrogen-bond acceptors (Lipinski definition) is 2. The van der Waals surface area contributed by atoms with Crippen LogP contribution in [0.3, 0.4) is 0 Å². The summed E-state index contributed by atoms with van der Waals surface area (Å²) in [6.07, 6.45) is 4.07. The monoisotopic (exact) mass is 229 g/mol. The van der Waals surface area contributed by atoms with Crippen LogP contribution in [-0.4, -0.2) is 7.05 Å². The van der Waals surface area contributed by atoms with Crippen molar-refractivity contribution in [3.63, 3.8) is 0 Å². The second kappa shape index (κ2) is 4.21. The molecular formula is C11H16ClNS. The van der Waals surface area contributed by atoms with E-state index >= 15 is 0 Å². The zero-order valence-corrected chi connectivity index (χ0v) is 10.2. The lowest BCUT2D eigenvalue weighted by Crippen LogP contribution is -2.29. The van der Waals surface area contributed by atoms with Crippen molar-refractivity contribution in [2.75, 3.05) is 7.05 Å². The van der Waals surface area contributed by atoms with Crippen molar-refractivity contribution in [3.05, 3.63) is 20.8 Å². The Morgan fingerprint density at radius 3 is 2.64 bits per heavy atom. The summed E-state index contributed by atoms with van der Waals surface area (Å²) in [6, 6.07) is 0.481. The summed E-state index contributed by atoms with van der Waals surface area (Å²) in [5.74, 6) is 0.801. The topological polar surface area (TPSA) is 12.0 Å². The van der Waals surface area contributed by atoms with Crippen molar-refractivity contribution in [2.45, 2.75) is 32.2 Å². The summed E-state index contributed by atoms with van der Waals surface area (Å²) in [5.41, 5.74) is 1.21. The summed E-state index contributed by atoms with van der Waals surface area (Å²) >= 11 is 8.07. The minimum atomic E-state index is 0.481. The SMILES string of the molecule is CNC(c1scc(C)c1Cl)C1CCC1. The van der Waals surface area contributed by atoms with Crippen LogP contribution in [0.15, 0.2) is 5.38 Å².